The van der Waals surface area contributed by atoms with E-state index >= 15 is 0 Å². The number of alkyl halides is 3. The number of carbonyl (C=O) groups is 2. The maximum absolute atomic E-state index is 14.9. The van der Waals surface area contributed by atoms with Crippen molar-refractivity contribution in [2.24, 2.45) is 5.73 Å². The van der Waals surface area contributed by atoms with Crippen molar-refractivity contribution in [2.75, 3.05) is 23.9 Å². The summed E-state index contributed by atoms with van der Waals surface area (Å²) in [5.41, 5.74) is 6.61. The summed E-state index contributed by atoms with van der Waals surface area (Å²) in [6, 6.07) is 6.55. The van der Waals surface area contributed by atoms with Crippen LogP contribution in [0.25, 0.3) is 0 Å². The molecule has 0 saturated carbocycles. The zero-order valence-corrected chi connectivity index (χ0v) is 20.5. The summed E-state index contributed by atoms with van der Waals surface area (Å²) in [7, 11) is 0. The van der Waals surface area contributed by atoms with Crippen LogP contribution in [-0.2, 0) is 16.1 Å². The van der Waals surface area contributed by atoms with Crippen molar-refractivity contribution < 1.29 is 36.6 Å². The fourth-order valence-corrected chi connectivity index (χ4v) is 4.87. The fourth-order valence-electron chi connectivity index (χ4n) is 3.86. The highest BCUT2D eigenvalue weighted by Crippen LogP contribution is 2.37. The van der Waals surface area contributed by atoms with Crippen LogP contribution in [0.5, 0.6) is 5.75 Å². The lowest BCUT2D eigenvalue weighted by Gasteiger charge is -2.26. The number of hydrogen-bond acceptors (Lipinski definition) is 6. The molecule has 13 heteroatoms. The Morgan fingerprint density at radius 2 is 1.86 bits per heavy atom. The second-order valence-electron chi connectivity index (χ2n) is 8.19. The normalized spacial score (nSPS) is 18.6. The lowest BCUT2D eigenvalue weighted by atomic mass is 10.1. The van der Waals surface area contributed by atoms with E-state index < -0.39 is 35.8 Å². The molecule has 0 radical (unpaired) electrons. The molecule has 0 aromatic heterocycles. The second-order valence-corrected chi connectivity index (χ2v) is 9.26. The molecular formula is C23H24ClF4N3O4S. The minimum Gasteiger partial charge on any atom is -0.406 e. The summed E-state index contributed by atoms with van der Waals surface area (Å²) in [6.45, 7) is 0.960. The zero-order valence-electron chi connectivity index (χ0n) is 18.8. The number of nitrogens with zero attached hydrogens (tertiary/aromatic N) is 1. The van der Waals surface area contributed by atoms with Crippen LogP contribution in [0, 0.1) is 5.82 Å². The zero-order chi connectivity index (χ0) is 25.2. The number of halogens is 5. The van der Waals surface area contributed by atoms with E-state index in [1.807, 2.05) is 0 Å². The Morgan fingerprint density at radius 3 is 2.50 bits per heavy atom. The smallest absolute Gasteiger partial charge is 0.406 e. The number of nitrogens with two attached hydrogens (primary N) is 1. The van der Waals surface area contributed by atoms with Gasteiger partial charge in [0.1, 0.15) is 11.6 Å². The van der Waals surface area contributed by atoms with E-state index in [9.17, 15) is 27.2 Å². The number of anilines is 1. The largest absolute Gasteiger partial charge is 0.573 e. The monoisotopic (exact) mass is 549 g/mol. The van der Waals surface area contributed by atoms with Gasteiger partial charge in [-0.25, -0.2) is 4.39 Å². The maximum Gasteiger partial charge on any atom is 0.573 e. The average molecular weight is 550 g/mol. The molecule has 4 rings (SSSR count). The average Bonchev–Trinajstić information content (AvgIpc) is 2.91. The van der Waals surface area contributed by atoms with Crippen molar-refractivity contribution in [2.45, 2.75) is 42.7 Å². The number of ether oxygens (including phenoxy) is 2. The molecule has 7 nitrogen and oxygen atoms in total. The van der Waals surface area contributed by atoms with Gasteiger partial charge < -0.3 is 25.4 Å². The highest BCUT2D eigenvalue weighted by molar-refractivity contribution is 7.99. The van der Waals surface area contributed by atoms with E-state index in [0.29, 0.717) is 42.2 Å². The fraction of sp³-hybridized carbons (Fsp3) is 0.391. The predicted molar refractivity (Wildman–Crippen MR) is 128 cm³/mol. The quantitative estimate of drug-likeness (QED) is 0.547. The van der Waals surface area contributed by atoms with E-state index in [1.165, 1.54) is 40.9 Å². The molecule has 36 heavy (non-hydrogen) atoms. The lowest BCUT2D eigenvalue weighted by molar-refractivity contribution is -0.274. The van der Waals surface area contributed by atoms with Gasteiger partial charge in [0.15, 0.2) is 0 Å². The summed E-state index contributed by atoms with van der Waals surface area (Å²) in [6.07, 6.45) is -3.60. The Balaban J connectivity index is 0.00000361. The number of carbonyl (C=O) groups excluding carboxylic acids is 2. The van der Waals surface area contributed by atoms with E-state index in [1.54, 1.807) is 0 Å². The third-order valence-corrected chi connectivity index (χ3v) is 6.80. The Bertz CT molecular complexity index is 1100. The van der Waals surface area contributed by atoms with Crippen molar-refractivity contribution in [3.8, 4) is 5.75 Å². The predicted octanol–water partition coefficient (Wildman–Crippen LogP) is 4.02. The molecule has 2 heterocycles. The minimum atomic E-state index is -4.82. The van der Waals surface area contributed by atoms with Gasteiger partial charge in [0.25, 0.3) is 5.91 Å². The van der Waals surface area contributed by atoms with Gasteiger partial charge in [-0.3, -0.25) is 9.59 Å². The molecule has 3 N–H and O–H groups in total. The summed E-state index contributed by atoms with van der Waals surface area (Å²) in [5, 5.41) is 2.81. The van der Waals surface area contributed by atoms with Crippen molar-refractivity contribution in [1.82, 2.24) is 5.32 Å². The first-order chi connectivity index (χ1) is 16.6. The number of nitrogens with one attached hydrogen (secondary N) is 1. The first kappa shape index (κ1) is 28.0. The second kappa shape index (κ2) is 11.7. The van der Waals surface area contributed by atoms with Crippen LogP contribution in [0.1, 0.15) is 28.8 Å². The molecule has 2 aromatic carbocycles. The molecule has 0 unspecified atom stereocenters. The number of amides is 2. The number of fused-ring (bicyclic) bond motifs is 1. The molecule has 0 bridgehead atoms. The molecule has 2 amide bonds. The van der Waals surface area contributed by atoms with Crippen molar-refractivity contribution in [3.05, 3.63) is 53.3 Å². The van der Waals surface area contributed by atoms with E-state index in [0.717, 1.165) is 12.1 Å². The summed E-state index contributed by atoms with van der Waals surface area (Å²) >= 11 is 1.19. The third kappa shape index (κ3) is 6.81. The number of thioether (sulfide) groups is 1. The van der Waals surface area contributed by atoms with Crippen LogP contribution in [0.3, 0.4) is 0 Å². The summed E-state index contributed by atoms with van der Waals surface area (Å²) in [5.74, 6) is -1.97. The van der Waals surface area contributed by atoms with Crippen molar-refractivity contribution in [1.29, 1.82) is 0 Å². The van der Waals surface area contributed by atoms with Gasteiger partial charge in [-0.15, -0.1) is 37.3 Å². The van der Waals surface area contributed by atoms with E-state index in [2.05, 4.69) is 10.1 Å². The number of hydrogen-bond donors (Lipinski definition) is 2. The first-order valence-electron chi connectivity index (χ1n) is 10.9. The Labute approximate surface area is 215 Å². The van der Waals surface area contributed by atoms with Crippen LogP contribution in [-0.4, -0.2) is 49.2 Å². The summed E-state index contributed by atoms with van der Waals surface area (Å²) < 4.78 is 61.4. The number of benzene rings is 2. The third-order valence-electron chi connectivity index (χ3n) is 5.64. The van der Waals surface area contributed by atoms with Gasteiger partial charge in [-0.05, 0) is 42.7 Å². The van der Waals surface area contributed by atoms with Crippen LogP contribution < -0.4 is 20.7 Å². The molecule has 196 valence electrons. The SMILES string of the molecule is Cl.N[C@H]1CSc2cc(F)c(C(=O)NC3CCOCC3)cc2N(Cc2ccc(OC(F)(F)F)cc2)C1=O. The van der Waals surface area contributed by atoms with Crippen LogP contribution in [0.2, 0.25) is 0 Å². The Kier molecular flexibility index (Phi) is 9.09. The topological polar surface area (TPSA) is 93.9 Å². The van der Waals surface area contributed by atoms with Gasteiger partial charge in [-0.2, -0.15) is 0 Å². The van der Waals surface area contributed by atoms with E-state index in [4.69, 9.17) is 10.5 Å². The van der Waals surface area contributed by atoms with Gasteiger partial charge in [0.2, 0.25) is 5.91 Å². The maximum atomic E-state index is 14.9. The highest BCUT2D eigenvalue weighted by atomic mass is 35.5. The summed E-state index contributed by atoms with van der Waals surface area (Å²) in [4.78, 5) is 27.6. The molecule has 2 aromatic rings. The molecule has 1 atom stereocenters. The molecule has 2 aliphatic heterocycles. The van der Waals surface area contributed by atoms with Gasteiger partial charge in [0.05, 0.1) is 23.8 Å². The van der Waals surface area contributed by atoms with Gasteiger partial charge in [-0.1, -0.05) is 12.1 Å². The Morgan fingerprint density at radius 1 is 1.19 bits per heavy atom. The molecule has 1 saturated heterocycles. The number of rotatable bonds is 5. The highest BCUT2D eigenvalue weighted by Gasteiger charge is 2.32. The molecular weight excluding hydrogens is 526 g/mol. The van der Waals surface area contributed by atoms with Crippen molar-refractivity contribution in [3.63, 3.8) is 0 Å². The minimum absolute atomic E-state index is 0. The van der Waals surface area contributed by atoms with Gasteiger partial charge >= 0.3 is 6.36 Å². The molecule has 0 spiro atoms. The molecule has 2 aliphatic rings. The van der Waals surface area contributed by atoms with Crippen molar-refractivity contribution >= 4 is 41.7 Å². The lowest BCUT2D eigenvalue weighted by Crippen LogP contribution is -2.44. The standard InChI is InChI=1S/C23H23F4N3O4S.ClH/c24-17-10-20-19(9-16(17)21(31)29-14-5-7-33-8-6-14)30(22(32)18(28)12-35-20)11-13-1-3-15(4-2-13)34-23(25,26)27;/h1-4,9-10,14,18H,5-8,11-12,28H2,(H,29,31);1H/t18-;/m0./s1. The van der Waals surface area contributed by atoms with Crippen LogP contribution in [0.4, 0.5) is 23.2 Å². The molecule has 1 fully saturated rings. The Hall–Kier alpha value is -2.54. The molecule has 0 aliphatic carbocycles. The van der Waals surface area contributed by atoms with E-state index in [-0.39, 0.29) is 36.3 Å². The van der Waals surface area contributed by atoms with Gasteiger partial charge in [0, 0.05) is 29.9 Å². The van der Waals surface area contributed by atoms with Crippen LogP contribution >= 0.6 is 24.2 Å². The van der Waals surface area contributed by atoms with Crippen LogP contribution in [0.15, 0.2) is 41.3 Å². The first-order valence-corrected chi connectivity index (χ1v) is 11.9.